The van der Waals surface area contributed by atoms with Crippen molar-refractivity contribution >= 4 is 27.1 Å². The van der Waals surface area contributed by atoms with Crippen molar-refractivity contribution in [3.05, 3.63) is 82.1 Å². The van der Waals surface area contributed by atoms with Crippen LogP contribution >= 0.6 is 11.3 Å². The molecule has 9 heteroatoms. The Morgan fingerprint density at radius 3 is 2.28 bits per heavy atom. The fraction of sp³-hybridized carbons (Fsp3) is 0.150. The predicted octanol–water partition coefficient (Wildman–Crippen LogP) is 3.98. The maximum absolute atomic E-state index is 13.8. The minimum Gasteiger partial charge on any atom is -0.497 e. The quantitative estimate of drug-likeness (QED) is 0.607. The number of hydrogen-bond acceptors (Lipinski definition) is 5. The van der Waals surface area contributed by atoms with Crippen molar-refractivity contribution < 1.29 is 26.7 Å². The maximum Gasteiger partial charge on any atom is 0.257 e. The van der Waals surface area contributed by atoms with Crippen LogP contribution in [0.3, 0.4) is 0 Å². The molecular weight excluding hydrogens is 420 g/mol. The molecule has 0 aliphatic heterocycles. The third-order valence-corrected chi connectivity index (χ3v) is 7.50. The molecular formula is C20H17F2NO4S2. The van der Waals surface area contributed by atoms with Crippen LogP contribution in [0.4, 0.5) is 8.78 Å². The number of methoxy groups -OCH3 is 1. The molecule has 1 N–H and O–H groups in total. The molecule has 0 fully saturated rings. The predicted molar refractivity (Wildman–Crippen MR) is 106 cm³/mol. The Balaban J connectivity index is 1.89. The van der Waals surface area contributed by atoms with E-state index in [1.165, 1.54) is 42.7 Å². The molecule has 0 aliphatic rings. The summed E-state index contributed by atoms with van der Waals surface area (Å²) in [7, 11) is -2.43. The van der Waals surface area contributed by atoms with E-state index in [-0.39, 0.29) is 11.4 Å². The smallest absolute Gasteiger partial charge is 0.257 e. The lowest BCUT2D eigenvalue weighted by molar-refractivity contribution is 0.0945. The zero-order valence-corrected chi connectivity index (χ0v) is 16.9. The number of rotatable bonds is 7. The largest absolute Gasteiger partial charge is 0.497 e. The molecule has 3 aromatic rings. The van der Waals surface area contributed by atoms with Crippen molar-refractivity contribution in [2.75, 3.05) is 13.7 Å². The van der Waals surface area contributed by atoms with Crippen molar-refractivity contribution in [1.29, 1.82) is 0 Å². The first-order chi connectivity index (χ1) is 13.8. The fourth-order valence-electron chi connectivity index (χ4n) is 2.76. The molecule has 1 heterocycles. The third kappa shape index (κ3) is 4.46. The number of sulfone groups is 1. The van der Waals surface area contributed by atoms with Gasteiger partial charge in [0.2, 0.25) is 0 Å². The minimum absolute atomic E-state index is 0.0445. The third-order valence-electron chi connectivity index (χ3n) is 4.26. The number of halogens is 2. The number of carbonyl (C=O) groups is 1. The lowest BCUT2D eigenvalue weighted by atomic mass is 10.2. The van der Waals surface area contributed by atoms with E-state index in [1.54, 1.807) is 17.5 Å². The first-order valence-corrected chi connectivity index (χ1v) is 10.9. The Labute approximate surface area is 170 Å². The van der Waals surface area contributed by atoms with Gasteiger partial charge >= 0.3 is 0 Å². The molecule has 1 aromatic heterocycles. The van der Waals surface area contributed by atoms with E-state index in [2.05, 4.69) is 5.32 Å². The van der Waals surface area contributed by atoms with Crippen molar-refractivity contribution in [2.24, 2.45) is 0 Å². The van der Waals surface area contributed by atoms with Gasteiger partial charge in [-0.25, -0.2) is 17.2 Å². The monoisotopic (exact) mass is 437 g/mol. The number of thiophene rings is 1. The molecule has 152 valence electrons. The molecule has 3 rings (SSSR count). The van der Waals surface area contributed by atoms with Gasteiger partial charge in [-0.3, -0.25) is 4.79 Å². The maximum atomic E-state index is 13.8. The number of amides is 1. The van der Waals surface area contributed by atoms with Crippen LogP contribution in [0.15, 0.2) is 64.9 Å². The number of hydrogen-bond donors (Lipinski definition) is 1. The van der Waals surface area contributed by atoms with Crippen molar-refractivity contribution in [1.82, 2.24) is 5.32 Å². The van der Waals surface area contributed by atoms with Crippen molar-refractivity contribution in [3.8, 4) is 5.75 Å². The normalized spacial score (nSPS) is 12.4. The molecule has 0 radical (unpaired) electrons. The number of benzene rings is 2. The van der Waals surface area contributed by atoms with Gasteiger partial charge in [0.1, 0.15) is 28.2 Å². The molecule has 5 nitrogen and oxygen atoms in total. The molecule has 1 atom stereocenters. The van der Waals surface area contributed by atoms with Gasteiger partial charge in [0.15, 0.2) is 9.84 Å². The van der Waals surface area contributed by atoms with E-state index in [1.807, 2.05) is 0 Å². The van der Waals surface area contributed by atoms with E-state index in [9.17, 15) is 22.0 Å². The summed E-state index contributed by atoms with van der Waals surface area (Å²) < 4.78 is 59.1. The van der Waals surface area contributed by atoms with Gasteiger partial charge in [-0.15, -0.1) is 11.3 Å². The molecule has 0 saturated carbocycles. The second-order valence-corrected chi connectivity index (χ2v) is 9.14. The molecule has 1 amide bonds. The first-order valence-electron chi connectivity index (χ1n) is 8.48. The Bertz CT molecular complexity index is 1080. The van der Waals surface area contributed by atoms with Gasteiger partial charge in [-0.1, -0.05) is 12.1 Å². The summed E-state index contributed by atoms with van der Waals surface area (Å²) in [6.45, 7) is -0.346. The molecule has 1 unspecified atom stereocenters. The first kappa shape index (κ1) is 20.9. The van der Waals surface area contributed by atoms with Crippen molar-refractivity contribution in [3.63, 3.8) is 0 Å². The Morgan fingerprint density at radius 1 is 1.07 bits per heavy atom. The highest BCUT2D eigenvalue weighted by molar-refractivity contribution is 7.91. The molecule has 0 saturated heterocycles. The number of ether oxygens (including phenoxy) is 1. The fourth-order valence-corrected chi connectivity index (χ4v) is 5.54. The van der Waals surface area contributed by atoms with Crippen LogP contribution in [0.5, 0.6) is 5.75 Å². The molecule has 2 aromatic carbocycles. The summed E-state index contributed by atoms with van der Waals surface area (Å²) in [5.74, 6) is -2.56. The molecule has 0 bridgehead atoms. The zero-order chi connectivity index (χ0) is 21.0. The van der Waals surface area contributed by atoms with Gasteiger partial charge in [0, 0.05) is 11.4 Å². The van der Waals surface area contributed by atoms with E-state index < -0.39 is 38.2 Å². The lowest BCUT2D eigenvalue weighted by Crippen LogP contribution is -2.32. The van der Waals surface area contributed by atoms with Crippen LogP contribution in [0.25, 0.3) is 0 Å². The molecule has 29 heavy (non-hydrogen) atoms. The number of carbonyl (C=O) groups excluding carboxylic acids is 1. The Hall–Kier alpha value is -2.78. The van der Waals surface area contributed by atoms with E-state index in [0.717, 1.165) is 18.2 Å². The second-order valence-electron chi connectivity index (χ2n) is 6.03. The zero-order valence-electron chi connectivity index (χ0n) is 15.3. The van der Waals surface area contributed by atoms with Gasteiger partial charge in [0.05, 0.1) is 12.0 Å². The Kier molecular flexibility index (Phi) is 6.29. The number of nitrogens with one attached hydrogen (secondary N) is 1. The minimum atomic E-state index is -3.89. The summed E-state index contributed by atoms with van der Waals surface area (Å²) in [5, 5.41) is 2.95. The Morgan fingerprint density at radius 2 is 1.72 bits per heavy atom. The van der Waals surface area contributed by atoms with Crippen LogP contribution in [0, 0.1) is 11.6 Å². The topological polar surface area (TPSA) is 72.5 Å². The SMILES string of the molecule is COc1ccc(S(=O)(=O)C(CNC(=O)c2c(F)cccc2F)c2cccs2)cc1. The van der Waals surface area contributed by atoms with E-state index in [0.29, 0.717) is 10.6 Å². The summed E-state index contributed by atoms with van der Waals surface area (Å²) in [5.41, 5.74) is -0.751. The van der Waals surface area contributed by atoms with Gasteiger partial charge in [-0.05, 0) is 47.8 Å². The van der Waals surface area contributed by atoms with E-state index >= 15 is 0 Å². The van der Waals surface area contributed by atoms with Crippen LogP contribution < -0.4 is 10.1 Å². The average molecular weight is 437 g/mol. The molecule has 0 aliphatic carbocycles. The summed E-state index contributed by atoms with van der Waals surface area (Å²) >= 11 is 1.21. The summed E-state index contributed by atoms with van der Waals surface area (Å²) in [6, 6.07) is 12.2. The lowest BCUT2D eigenvalue weighted by Gasteiger charge is -2.18. The average Bonchev–Trinajstić information content (AvgIpc) is 3.22. The van der Waals surface area contributed by atoms with Crippen molar-refractivity contribution in [2.45, 2.75) is 10.1 Å². The highest BCUT2D eigenvalue weighted by atomic mass is 32.2. The molecule has 0 spiro atoms. The van der Waals surface area contributed by atoms with Gasteiger partial charge in [-0.2, -0.15) is 0 Å². The van der Waals surface area contributed by atoms with Crippen LogP contribution in [0.2, 0.25) is 0 Å². The summed E-state index contributed by atoms with van der Waals surface area (Å²) in [6.07, 6.45) is 0. The highest BCUT2D eigenvalue weighted by Crippen LogP contribution is 2.32. The van der Waals surface area contributed by atoms with Gasteiger partial charge < -0.3 is 10.1 Å². The second kappa shape index (κ2) is 8.71. The summed E-state index contributed by atoms with van der Waals surface area (Å²) in [4.78, 5) is 12.8. The van der Waals surface area contributed by atoms with Crippen LogP contribution in [-0.2, 0) is 9.84 Å². The van der Waals surface area contributed by atoms with E-state index in [4.69, 9.17) is 4.74 Å². The highest BCUT2D eigenvalue weighted by Gasteiger charge is 2.31. The van der Waals surface area contributed by atoms with Crippen LogP contribution in [-0.4, -0.2) is 28.0 Å². The van der Waals surface area contributed by atoms with Crippen LogP contribution in [0.1, 0.15) is 20.5 Å². The van der Waals surface area contributed by atoms with Gasteiger partial charge in [0.25, 0.3) is 5.91 Å². The standard InChI is InChI=1S/C20H17F2NO4S2/c1-27-13-7-9-14(10-8-13)29(25,26)18(17-6-3-11-28-17)12-23-20(24)19-15(21)4-2-5-16(19)22/h2-11,18H,12H2,1H3,(H,23,24).